The highest BCUT2D eigenvalue weighted by Crippen LogP contribution is 2.11. The van der Waals surface area contributed by atoms with Crippen LogP contribution in [0.25, 0.3) is 0 Å². The highest BCUT2D eigenvalue weighted by molar-refractivity contribution is 5.89. The Morgan fingerprint density at radius 3 is 2.09 bits per heavy atom. The summed E-state index contributed by atoms with van der Waals surface area (Å²) in [4.78, 5) is 35.6. The fraction of sp³-hybridized carbons (Fsp3) is 0.800. The predicted octanol–water partition coefficient (Wildman–Crippen LogP) is 1.71. The second-order valence-electron chi connectivity index (χ2n) is 6.71. The summed E-state index contributed by atoms with van der Waals surface area (Å²) in [5.74, 6) is -1.12. The summed E-state index contributed by atoms with van der Waals surface area (Å²) in [6.45, 7) is 10.0. The Bertz CT molecular complexity index is 430. The number of carbonyl (C=O) groups is 3. The number of rotatable bonds is 6. The van der Waals surface area contributed by atoms with Gasteiger partial charge in [0.2, 0.25) is 5.91 Å². The molecule has 0 fully saturated rings. The van der Waals surface area contributed by atoms with E-state index < -0.39 is 35.7 Å². The van der Waals surface area contributed by atoms with Crippen LogP contribution < -0.4 is 5.32 Å². The van der Waals surface area contributed by atoms with Gasteiger partial charge in [0, 0.05) is 0 Å². The molecule has 0 saturated carbocycles. The number of nitrogens with zero attached hydrogens (tertiary/aromatic N) is 1. The fourth-order valence-corrected chi connectivity index (χ4v) is 1.70. The third-order valence-electron chi connectivity index (χ3n) is 2.84. The Labute approximate surface area is 137 Å². The van der Waals surface area contributed by atoms with Crippen molar-refractivity contribution in [1.29, 1.82) is 0 Å². The molecule has 2 amide bonds. The number of amides is 2. The molecular formula is C15H28N2O6. The first-order valence-corrected chi connectivity index (χ1v) is 7.48. The SMILES string of the molecule is COC(=O)[C@H](CC(C)C)NC(=O)[C@H](C)N(O)C(=O)OC(C)(C)C. The summed E-state index contributed by atoms with van der Waals surface area (Å²) in [5.41, 5.74) is -0.805. The van der Waals surface area contributed by atoms with Crippen molar-refractivity contribution in [3.05, 3.63) is 0 Å². The van der Waals surface area contributed by atoms with E-state index in [2.05, 4.69) is 10.1 Å². The van der Waals surface area contributed by atoms with Gasteiger partial charge in [-0.05, 0) is 40.0 Å². The van der Waals surface area contributed by atoms with Gasteiger partial charge in [0.05, 0.1) is 7.11 Å². The van der Waals surface area contributed by atoms with E-state index in [0.717, 1.165) is 0 Å². The first-order valence-electron chi connectivity index (χ1n) is 7.48. The van der Waals surface area contributed by atoms with E-state index in [9.17, 15) is 19.6 Å². The molecule has 0 aromatic heterocycles. The molecular weight excluding hydrogens is 304 g/mol. The number of hydrogen-bond acceptors (Lipinski definition) is 6. The first-order chi connectivity index (χ1) is 10.4. The van der Waals surface area contributed by atoms with E-state index in [0.29, 0.717) is 6.42 Å². The van der Waals surface area contributed by atoms with Gasteiger partial charge >= 0.3 is 12.1 Å². The van der Waals surface area contributed by atoms with Crippen molar-refractivity contribution in [1.82, 2.24) is 10.4 Å². The van der Waals surface area contributed by atoms with Gasteiger partial charge in [0.15, 0.2) is 0 Å². The van der Waals surface area contributed by atoms with Gasteiger partial charge in [-0.3, -0.25) is 10.0 Å². The monoisotopic (exact) mass is 332 g/mol. The lowest BCUT2D eigenvalue weighted by atomic mass is 10.0. The van der Waals surface area contributed by atoms with E-state index in [4.69, 9.17) is 4.74 Å². The van der Waals surface area contributed by atoms with Crippen molar-refractivity contribution in [2.24, 2.45) is 5.92 Å². The first kappa shape index (κ1) is 21.2. The molecule has 0 aliphatic heterocycles. The highest BCUT2D eigenvalue weighted by atomic mass is 16.6. The molecule has 0 aliphatic rings. The lowest BCUT2D eigenvalue weighted by molar-refractivity contribution is -0.153. The zero-order chi connectivity index (χ0) is 18.4. The van der Waals surface area contributed by atoms with Crippen LogP contribution in [0, 0.1) is 5.92 Å². The van der Waals surface area contributed by atoms with Crippen LogP contribution in [0.4, 0.5) is 4.79 Å². The summed E-state index contributed by atoms with van der Waals surface area (Å²) in [5, 5.41) is 12.5. The number of carbonyl (C=O) groups excluding carboxylic acids is 3. The van der Waals surface area contributed by atoms with Gasteiger partial charge in [0.25, 0.3) is 0 Å². The third-order valence-corrected chi connectivity index (χ3v) is 2.84. The van der Waals surface area contributed by atoms with Crippen molar-refractivity contribution in [3.8, 4) is 0 Å². The normalized spacial score (nSPS) is 14.0. The lowest BCUT2D eigenvalue weighted by Crippen LogP contribution is -2.52. The molecule has 0 bridgehead atoms. The molecule has 0 radical (unpaired) electrons. The molecule has 0 aromatic carbocycles. The van der Waals surface area contributed by atoms with E-state index in [1.54, 1.807) is 20.8 Å². The average molecular weight is 332 g/mol. The minimum Gasteiger partial charge on any atom is -0.467 e. The van der Waals surface area contributed by atoms with Gasteiger partial charge in [-0.15, -0.1) is 0 Å². The molecule has 8 nitrogen and oxygen atoms in total. The summed E-state index contributed by atoms with van der Waals surface area (Å²) in [6.07, 6.45) is -0.665. The van der Waals surface area contributed by atoms with Gasteiger partial charge in [0.1, 0.15) is 17.7 Å². The maximum Gasteiger partial charge on any atom is 0.435 e. The maximum absolute atomic E-state index is 12.1. The molecule has 0 unspecified atom stereocenters. The Kier molecular flexibility index (Phi) is 8.02. The highest BCUT2D eigenvalue weighted by Gasteiger charge is 2.31. The minimum atomic E-state index is -1.22. The van der Waals surface area contributed by atoms with Gasteiger partial charge in [-0.1, -0.05) is 13.8 Å². The van der Waals surface area contributed by atoms with E-state index in [1.807, 2.05) is 13.8 Å². The Morgan fingerprint density at radius 2 is 1.70 bits per heavy atom. The van der Waals surface area contributed by atoms with E-state index >= 15 is 0 Å². The van der Waals surface area contributed by atoms with Crippen LogP contribution in [-0.2, 0) is 19.1 Å². The van der Waals surface area contributed by atoms with Crippen molar-refractivity contribution < 1.29 is 29.1 Å². The maximum atomic E-state index is 12.1. The molecule has 2 N–H and O–H groups in total. The molecule has 0 heterocycles. The van der Waals surface area contributed by atoms with Crippen LogP contribution in [-0.4, -0.2) is 53.0 Å². The zero-order valence-corrected chi connectivity index (χ0v) is 14.9. The van der Waals surface area contributed by atoms with Crippen LogP contribution in [0.1, 0.15) is 48.0 Å². The molecule has 0 spiro atoms. The van der Waals surface area contributed by atoms with Crippen molar-refractivity contribution in [2.45, 2.75) is 65.6 Å². The smallest absolute Gasteiger partial charge is 0.435 e. The van der Waals surface area contributed by atoms with Crippen molar-refractivity contribution >= 4 is 18.0 Å². The van der Waals surface area contributed by atoms with Crippen molar-refractivity contribution in [3.63, 3.8) is 0 Å². The summed E-state index contributed by atoms with van der Waals surface area (Å²) in [6, 6.07) is -2.06. The third kappa shape index (κ3) is 7.83. The molecule has 0 rings (SSSR count). The number of hydrogen-bond donors (Lipinski definition) is 2. The summed E-state index contributed by atoms with van der Waals surface area (Å²) in [7, 11) is 1.23. The van der Waals surface area contributed by atoms with Crippen molar-refractivity contribution in [2.75, 3.05) is 7.11 Å². The number of ether oxygens (including phenoxy) is 2. The van der Waals surface area contributed by atoms with Crippen LogP contribution in [0.3, 0.4) is 0 Å². The summed E-state index contributed by atoms with van der Waals surface area (Å²) >= 11 is 0. The van der Waals surface area contributed by atoms with Gasteiger partial charge in [-0.25, -0.2) is 9.59 Å². The average Bonchev–Trinajstić information content (AvgIpc) is 2.41. The molecule has 134 valence electrons. The van der Waals surface area contributed by atoms with E-state index in [-0.39, 0.29) is 11.0 Å². The Morgan fingerprint density at radius 1 is 1.17 bits per heavy atom. The molecule has 8 heteroatoms. The fourth-order valence-electron chi connectivity index (χ4n) is 1.70. The lowest BCUT2D eigenvalue weighted by Gasteiger charge is -2.27. The molecule has 0 saturated heterocycles. The second kappa shape index (κ2) is 8.71. The number of nitrogens with one attached hydrogen (secondary N) is 1. The minimum absolute atomic E-state index is 0.144. The van der Waals surface area contributed by atoms with Crippen LogP contribution >= 0.6 is 0 Å². The topological polar surface area (TPSA) is 105 Å². The zero-order valence-electron chi connectivity index (χ0n) is 14.9. The predicted molar refractivity (Wildman–Crippen MR) is 82.7 cm³/mol. The number of methoxy groups -OCH3 is 1. The summed E-state index contributed by atoms with van der Waals surface area (Å²) < 4.78 is 9.62. The van der Waals surface area contributed by atoms with Crippen LogP contribution in [0.5, 0.6) is 0 Å². The molecule has 23 heavy (non-hydrogen) atoms. The quantitative estimate of drug-likeness (QED) is 0.436. The number of esters is 1. The van der Waals surface area contributed by atoms with E-state index in [1.165, 1.54) is 14.0 Å². The molecule has 2 atom stereocenters. The Hall–Kier alpha value is -1.83. The van der Waals surface area contributed by atoms with Gasteiger partial charge in [-0.2, -0.15) is 5.06 Å². The van der Waals surface area contributed by atoms with Crippen LogP contribution in [0.15, 0.2) is 0 Å². The Balaban J connectivity index is 4.85. The largest absolute Gasteiger partial charge is 0.467 e. The van der Waals surface area contributed by atoms with Crippen LogP contribution in [0.2, 0.25) is 0 Å². The number of hydroxylamine groups is 2. The second-order valence-corrected chi connectivity index (χ2v) is 6.71. The molecule has 0 aliphatic carbocycles. The van der Waals surface area contributed by atoms with Gasteiger partial charge < -0.3 is 14.8 Å². The standard InChI is InChI=1S/C15H28N2O6/c1-9(2)8-11(13(19)22-7)16-12(18)10(3)17(21)14(20)23-15(4,5)6/h9-11,21H,8H2,1-7H3,(H,16,18)/t10-,11-/m0/s1. The molecule has 0 aromatic rings.